The maximum absolute atomic E-state index is 10.3. The molecule has 88 valence electrons. The van der Waals surface area contributed by atoms with Crippen LogP contribution in [-0.4, -0.2) is 10.1 Å². The van der Waals surface area contributed by atoms with Crippen LogP contribution < -0.4 is 0 Å². The standard InChI is InChI=1S/C14H15NOS/c16-14(11-5-3-7-15-9-11)13-8-10-4-1-2-6-12(10)17-13/h3,5,7-9,14,16H,1-2,4,6H2. The van der Waals surface area contributed by atoms with Crippen LogP contribution in [0.4, 0.5) is 0 Å². The normalized spacial score (nSPS) is 16.5. The van der Waals surface area contributed by atoms with Crippen molar-refractivity contribution in [3.63, 3.8) is 0 Å². The van der Waals surface area contributed by atoms with Gasteiger partial charge in [0.2, 0.25) is 0 Å². The van der Waals surface area contributed by atoms with E-state index in [9.17, 15) is 5.11 Å². The molecule has 2 aromatic rings. The lowest BCUT2D eigenvalue weighted by atomic mass is 9.98. The van der Waals surface area contributed by atoms with E-state index in [4.69, 9.17) is 0 Å². The number of nitrogens with zero attached hydrogens (tertiary/aromatic N) is 1. The summed E-state index contributed by atoms with van der Waals surface area (Å²) in [6, 6.07) is 5.97. The minimum Gasteiger partial charge on any atom is -0.383 e. The minimum absolute atomic E-state index is 0.515. The Kier molecular flexibility index (Phi) is 2.95. The summed E-state index contributed by atoms with van der Waals surface area (Å²) in [5.74, 6) is 0. The molecular weight excluding hydrogens is 230 g/mol. The third-order valence-corrected chi connectivity index (χ3v) is 4.57. The van der Waals surface area contributed by atoms with E-state index in [-0.39, 0.29) is 0 Å². The zero-order chi connectivity index (χ0) is 11.7. The lowest BCUT2D eigenvalue weighted by Gasteiger charge is -2.08. The fourth-order valence-corrected chi connectivity index (χ4v) is 3.62. The number of thiophene rings is 1. The van der Waals surface area contributed by atoms with Gasteiger partial charge in [-0.15, -0.1) is 11.3 Å². The lowest BCUT2D eigenvalue weighted by molar-refractivity contribution is 0.223. The van der Waals surface area contributed by atoms with E-state index in [1.54, 1.807) is 23.7 Å². The van der Waals surface area contributed by atoms with Crippen LogP contribution in [0.3, 0.4) is 0 Å². The van der Waals surface area contributed by atoms with E-state index < -0.39 is 6.10 Å². The van der Waals surface area contributed by atoms with Crippen LogP contribution in [0.5, 0.6) is 0 Å². The van der Waals surface area contributed by atoms with Crippen LogP contribution >= 0.6 is 11.3 Å². The molecule has 2 nitrogen and oxygen atoms in total. The number of pyridine rings is 1. The van der Waals surface area contributed by atoms with Crippen LogP contribution in [0.25, 0.3) is 0 Å². The van der Waals surface area contributed by atoms with Gasteiger partial charge < -0.3 is 5.11 Å². The highest BCUT2D eigenvalue weighted by Crippen LogP contribution is 2.34. The number of aromatic nitrogens is 1. The predicted molar refractivity (Wildman–Crippen MR) is 69.3 cm³/mol. The molecular formula is C14H15NOS. The van der Waals surface area contributed by atoms with Crippen LogP contribution in [0.1, 0.15) is 39.8 Å². The van der Waals surface area contributed by atoms with E-state index in [1.165, 1.54) is 36.1 Å². The van der Waals surface area contributed by atoms with Gasteiger partial charge in [0, 0.05) is 27.7 Å². The summed E-state index contributed by atoms with van der Waals surface area (Å²) in [6.45, 7) is 0. The van der Waals surface area contributed by atoms with Gasteiger partial charge in [0.15, 0.2) is 0 Å². The first-order valence-corrected chi connectivity index (χ1v) is 6.86. The molecule has 3 rings (SSSR count). The van der Waals surface area contributed by atoms with E-state index in [2.05, 4.69) is 11.1 Å². The largest absolute Gasteiger partial charge is 0.383 e. The first-order valence-electron chi connectivity index (χ1n) is 6.04. The smallest absolute Gasteiger partial charge is 0.115 e. The van der Waals surface area contributed by atoms with Crippen molar-refractivity contribution in [3.8, 4) is 0 Å². The van der Waals surface area contributed by atoms with E-state index in [0.29, 0.717) is 0 Å². The van der Waals surface area contributed by atoms with Crippen molar-refractivity contribution in [3.05, 3.63) is 51.5 Å². The summed E-state index contributed by atoms with van der Waals surface area (Å²) in [5, 5.41) is 10.3. The third kappa shape index (κ3) is 2.13. The Morgan fingerprint density at radius 2 is 2.18 bits per heavy atom. The van der Waals surface area contributed by atoms with Crippen molar-refractivity contribution >= 4 is 11.3 Å². The molecule has 0 aromatic carbocycles. The van der Waals surface area contributed by atoms with Crippen molar-refractivity contribution in [1.29, 1.82) is 0 Å². The maximum Gasteiger partial charge on any atom is 0.115 e. The van der Waals surface area contributed by atoms with E-state index in [0.717, 1.165) is 10.4 Å². The summed E-state index contributed by atoms with van der Waals surface area (Å²) >= 11 is 1.76. The quantitative estimate of drug-likeness (QED) is 0.882. The van der Waals surface area contributed by atoms with Gasteiger partial charge in [-0.3, -0.25) is 4.98 Å². The molecule has 1 unspecified atom stereocenters. The van der Waals surface area contributed by atoms with Gasteiger partial charge >= 0.3 is 0 Å². The third-order valence-electron chi connectivity index (χ3n) is 3.29. The Bertz CT molecular complexity index is 483. The van der Waals surface area contributed by atoms with Crippen LogP contribution in [-0.2, 0) is 12.8 Å². The number of aliphatic hydroxyl groups excluding tert-OH is 1. The average molecular weight is 245 g/mol. The highest BCUT2D eigenvalue weighted by molar-refractivity contribution is 7.12. The molecule has 1 aliphatic carbocycles. The van der Waals surface area contributed by atoms with Gasteiger partial charge in [0.25, 0.3) is 0 Å². The second-order valence-corrected chi connectivity index (χ2v) is 5.66. The molecule has 3 heteroatoms. The van der Waals surface area contributed by atoms with Gasteiger partial charge in [-0.1, -0.05) is 6.07 Å². The zero-order valence-corrected chi connectivity index (χ0v) is 10.4. The Morgan fingerprint density at radius 3 is 2.94 bits per heavy atom. The number of aliphatic hydroxyl groups is 1. The van der Waals surface area contributed by atoms with Gasteiger partial charge in [0.05, 0.1) is 0 Å². The van der Waals surface area contributed by atoms with E-state index in [1.807, 2.05) is 12.1 Å². The van der Waals surface area contributed by atoms with Gasteiger partial charge in [-0.2, -0.15) is 0 Å². The van der Waals surface area contributed by atoms with Crippen LogP contribution in [0, 0.1) is 0 Å². The molecule has 2 heterocycles. The summed E-state index contributed by atoms with van der Waals surface area (Å²) in [4.78, 5) is 6.58. The van der Waals surface area contributed by atoms with Crippen molar-refractivity contribution in [1.82, 2.24) is 4.98 Å². The number of aryl methyl sites for hydroxylation is 2. The Hall–Kier alpha value is -1.19. The fraction of sp³-hybridized carbons (Fsp3) is 0.357. The molecule has 1 aliphatic rings. The molecule has 0 bridgehead atoms. The van der Waals surface area contributed by atoms with Crippen molar-refractivity contribution in [2.24, 2.45) is 0 Å². The number of hydrogen-bond acceptors (Lipinski definition) is 3. The molecule has 0 fully saturated rings. The van der Waals surface area contributed by atoms with Crippen molar-refractivity contribution < 1.29 is 5.11 Å². The second kappa shape index (κ2) is 4.59. The summed E-state index contributed by atoms with van der Waals surface area (Å²) in [5.41, 5.74) is 2.32. The summed E-state index contributed by atoms with van der Waals surface area (Å²) in [7, 11) is 0. The highest BCUT2D eigenvalue weighted by atomic mass is 32.1. The highest BCUT2D eigenvalue weighted by Gasteiger charge is 2.18. The van der Waals surface area contributed by atoms with Crippen LogP contribution in [0.2, 0.25) is 0 Å². The van der Waals surface area contributed by atoms with E-state index >= 15 is 0 Å². The Morgan fingerprint density at radius 1 is 1.29 bits per heavy atom. The predicted octanol–water partition coefficient (Wildman–Crippen LogP) is 3.10. The minimum atomic E-state index is -0.515. The Labute approximate surface area is 105 Å². The number of fused-ring (bicyclic) bond motifs is 1. The topological polar surface area (TPSA) is 33.1 Å². The molecule has 0 amide bonds. The average Bonchev–Trinajstić information content (AvgIpc) is 2.82. The first-order chi connectivity index (χ1) is 8.34. The van der Waals surface area contributed by atoms with Crippen LogP contribution in [0.15, 0.2) is 30.6 Å². The molecule has 1 N–H and O–H groups in total. The lowest BCUT2D eigenvalue weighted by Crippen LogP contribution is -1.97. The number of rotatable bonds is 2. The Balaban J connectivity index is 1.91. The second-order valence-electron chi connectivity index (χ2n) is 4.49. The van der Waals surface area contributed by atoms with Crippen molar-refractivity contribution in [2.45, 2.75) is 31.8 Å². The molecule has 2 aromatic heterocycles. The zero-order valence-electron chi connectivity index (χ0n) is 9.60. The fourth-order valence-electron chi connectivity index (χ4n) is 2.35. The molecule has 0 radical (unpaired) electrons. The molecule has 0 saturated carbocycles. The summed E-state index contributed by atoms with van der Waals surface area (Å²) in [6.07, 6.45) is 7.88. The SMILES string of the molecule is OC(c1cccnc1)c1cc2c(s1)CCCC2. The molecule has 1 atom stereocenters. The molecule has 17 heavy (non-hydrogen) atoms. The van der Waals surface area contributed by atoms with Gasteiger partial charge in [0.1, 0.15) is 6.10 Å². The first kappa shape index (κ1) is 10.9. The number of hydrogen-bond donors (Lipinski definition) is 1. The van der Waals surface area contributed by atoms with Crippen molar-refractivity contribution in [2.75, 3.05) is 0 Å². The monoisotopic (exact) mass is 245 g/mol. The summed E-state index contributed by atoms with van der Waals surface area (Å²) < 4.78 is 0. The molecule has 0 saturated heterocycles. The molecule has 0 aliphatic heterocycles. The van der Waals surface area contributed by atoms with Gasteiger partial charge in [-0.05, 0) is 43.4 Å². The molecule has 0 spiro atoms. The maximum atomic E-state index is 10.3. The van der Waals surface area contributed by atoms with Gasteiger partial charge in [-0.25, -0.2) is 0 Å².